The van der Waals surface area contributed by atoms with Gasteiger partial charge in [0.25, 0.3) is 0 Å². The van der Waals surface area contributed by atoms with E-state index in [1.54, 1.807) is 0 Å². The third-order valence-electron chi connectivity index (χ3n) is 3.65. The van der Waals surface area contributed by atoms with Crippen LogP contribution in [0.5, 0.6) is 5.75 Å². The molecular weight excluding hydrogens is 317 g/mol. The summed E-state index contributed by atoms with van der Waals surface area (Å²) in [5.41, 5.74) is 0. The molecule has 1 aromatic rings. The van der Waals surface area contributed by atoms with Crippen molar-refractivity contribution in [3.8, 4) is 5.75 Å². The van der Waals surface area contributed by atoms with Crippen LogP contribution in [0.1, 0.15) is 12.8 Å². The predicted octanol–water partition coefficient (Wildman–Crippen LogP) is 1.77. The van der Waals surface area contributed by atoms with Gasteiger partial charge in [-0.25, -0.2) is 4.98 Å². The van der Waals surface area contributed by atoms with Gasteiger partial charge in [0.2, 0.25) is 5.28 Å². The number of rotatable bonds is 5. The second-order valence-electron chi connectivity index (χ2n) is 5.25. The summed E-state index contributed by atoms with van der Waals surface area (Å²) in [6.07, 6.45) is 1.62. The lowest BCUT2D eigenvalue weighted by Gasteiger charge is -2.29. The minimum atomic E-state index is -0.478. The SMILES string of the molecule is O[C@H](COc1c(Cl)nc(Cl)nc1N1CCOCC1)C1CC1. The van der Waals surface area contributed by atoms with Gasteiger partial charge in [-0.2, -0.15) is 4.98 Å². The average Bonchev–Trinajstić information content (AvgIpc) is 3.31. The molecule has 2 aliphatic rings. The standard InChI is InChI=1S/C13H17Cl2N3O3/c14-11-10(21-7-9(19)8-1-2-8)12(17-13(15)16-11)18-3-5-20-6-4-18/h8-9,19H,1-7H2/t9-/m1/s1. The van der Waals surface area contributed by atoms with E-state index < -0.39 is 6.10 Å². The summed E-state index contributed by atoms with van der Waals surface area (Å²) < 4.78 is 11.0. The summed E-state index contributed by atoms with van der Waals surface area (Å²) in [5, 5.41) is 10.2. The van der Waals surface area contributed by atoms with E-state index in [9.17, 15) is 5.11 Å². The quantitative estimate of drug-likeness (QED) is 0.654. The van der Waals surface area contributed by atoms with E-state index in [1.807, 2.05) is 4.90 Å². The molecule has 6 nitrogen and oxygen atoms in total. The molecule has 2 heterocycles. The van der Waals surface area contributed by atoms with Crippen molar-refractivity contribution >= 4 is 29.0 Å². The molecule has 8 heteroatoms. The van der Waals surface area contributed by atoms with Crippen molar-refractivity contribution < 1.29 is 14.6 Å². The maximum atomic E-state index is 9.93. The zero-order chi connectivity index (χ0) is 14.8. The molecule has 0 amide bonds. The van der Waals surface area contributed by atoms with Crippen LogP contribution in [0.2, 0.25) is 10.4 Å². The first-order chi connectivity index (χ1) is 10.1. The monoisotopic (exact) mass is 333 g/mol. The Morgan fingerprint density at radius 3 is 2.67 bits per heavy atom. The molecule has 0 bridgehead atoms. The highest BCUT2D eigenvalue weighted by molar-refractivity contribution is 6.33. The second-order valence-corrected chi connectivity index (χ2v) is 5.95. The molecule has 0 aromatic carbocycles. The Morgan fingerprint density at radius 2 is 2.00 bits per heavy atom. The molecule has 1 N–H and O–H groups in total. The molecule has 1 aromatic heterocycles. The fraction of sp³-hybridized carbons (Fsp3) is 0.692. The molecule has 3 rings (SSSR count). The van der Waals surface area contributed by atoms with Crippen LogP contribution in [-0.2, 0) is 4.74 Å². The van der Waals surface area contributed by atoms with E-state index in [1.165, 1.54) is 0 Å². The van der Waals surface area contributed by atoms with Gasteiger partial charge in [0.05, 0.1) is 19.3 Å². The van der Waals surface area contributed by atoms with E-state index in [2.05, 4.69) is 9.97 Å². The lowest BCUT2D eigenvalue weighted by atomic mass is 10.2. The van der Waals surface area contributed by atoms with Crippen LogP contribution >= 0.6 is 23.2 Å². The lowest BCUT2D eigenvalue weighted by Crippen LogP contribution is -2.37. The number of nitrogens with zero attached hydrogens (tertiary/aromatic N) is 3. The number of aromatic nitrogens is 2. The molecule has 21 heavy (non-hydrogen) atoms. The highest BCUT2D eigenvalue weighted by Gasteiger charge is 2.31. The second kappa shape index (κ2) is 6.52. The first-order valence-corrected chi connectivity index (χ1v) is 7.77. The van der Waals surface area contributed by atoms with Crippen molar-refractivity contribution in [1.29, 1.82) is 0 Å². The number of hydrogen-bond donors (Lipinski definition) is 1. The molecule has 1 saturated heterocycles. The number of halogens is 2. The molecule has 116 valence electrons. The van der Waals surface area contributed by atoms with Gasteiger partial charge in [-0.3, -0.25) is 0 Å². The summed E-state index contributed by atoms with van der Waals surface area (Å²) >= 11 is 12.0. The van der Waals surface area contributed by atoms with Gasteiger partial charge < -0.3 is 19.5 Å². The molecule has 0 radical (unpaired) electrons. The molecule has 0 unspecified atom stereocenters. The van der Waals surface area contributed by atoms with Crippen molar-refractivity contribution in [2.45, 2.75) is 18.9 Å². The van der Waals surface area contributed by atoms with Gasteiger partial charge in [-0.1, -0.05) is 11.6 Å². The summed E-state index contributed by atoms with van der Waals surface area (Å²) in [4.78, 5) is 10.2. The van der Waals surface area contributed by atoms with E-state index in [-0.39, 0.29) is 17.0 Å². The van der Waals surface area contributed by atoms with Crippen molar-refractivity contribution in [3.63, 3.8) is 0 Å². The predicted molar refractivity (Wildman–Crippen MR) is 79.3 cm³/mol. The maximum absolute atomic E-state index is 9.93. The fourth-order valence-electron chi connectivity index (χ4n) is 2.29. The summed E-state index contributed by atoms with van der Waals surface area (Å²) in [6, 6.07) is 0. The molecule has 1 aliphatic heterocycles. The van der Waals surface area contributed by atoms with Crippen LogP contribution in [-0.4, -0.2) is 54.1 Å². The highest BCUT2D eigenvalue weighted by atomic mass is 35.5. The first kappa shape index (κ1) is 15.1. The normalized spacial score (nSPS) is 20.4. The molecule has 0 spiro atoms. The van der Waals surface area contributed by atoms with Crippen molar-refractivity contribution in [3.05, 3.63) is 10.4 Å². The van der Waals surface area contributed by atoms with Crippen LogP contribution in [0, 0.1) is 5.92 Å². The van der Waals surface area contributed by atoms with Gasteiger partial charge in [0.1, 0.15) is 6.61 Å². The number of anilines is 1. The Bertz CT molecular complexity index is 508. The largest absolute Gasteiger partial charge is 0.484 e. The van der Waals surface area contributed by atoms with E-state index in [0.29, 0.717) is 43.8 Å². The van der Waals surface area contributed by atoms with Crippen LogP contribution in [0.25, 0.3) is 0 Å². The van der Waals surface area contributed by atoms with E-state index in [4.69, 9.17) is 32.7 Å². The zero-order valence-electron chi connectivity index (χ0n) is 11.5. The van der Waals surface area contributed by atoms with Crippen LogP contribution in [0.15, 0.2) is 0 Å². The number of aliphatic hydroxyl groups is 1. The Hall–Kier alpha value is -0.820. The Labute approximate surface area is 133 Å². The third kappa shape index (κ3) is 3.69. The van der Waals surface area contributed by atoms with Gasteiger partial charge in [-0.05, 0) is 30.4 Å². The zero-order valence-corrected chi connectivity index (χ0v) is 13.0. The lowest BCUT2D eigenvalue weighted by molar-refractivity contribution is 0.0887. The Kier molecular flexibility index (Phi) is 4.69. The van der Waals surface area contributed by atoms with Gasteiger partial charge in [0.15, 0.2) is 16.7 Å². The summed E-state index contributed by atoms with van der Waals surface area (Å²) in [5.74, 6) is 1.28. The average molecular weight is 334 g/mol. The molecule has 1 atom stereocenters. The van der Waals surface area contributed by atoms with Crippen molar-refractivity contribution in [1.82, 2.24) is 9.97 Å². The van der Waals surface area contributed by atoms with Crippen LogP contribution in [0.3, 0.4) is 0 Å². The maximum Gasteiger partial charge on any atom is 0.226 e. The summed E-state index contributed by atoms with van der Waals surface area (Å²) in [6.45, 7) is 2.79. The number of hydrogen-bond acceptors (Lipinski definition) is 6. The molecule has 1 saturated carbocycles. The van der Waals surface area contributed by atoms with Crippen LogP contribution in [0.4, 0.5) is 5.82 Å². The Balaban J connectivity index is 1.78. The fourth-order valence-corrected chi connectivity index (χ4v) is 2.71. The van der Waals surface area contributed by atoms with E-state index >= 15 is 0 Å². The van der Waals surface area contributed by atoms with E-state index in [0.717, 1.165) is 12.8 Å². The minimum absolute atomic E-state index is 0.0802. The molecule has 2 fully saturated rings. The van der Waals surface area contributed by atoms with Crippen LogP contribution < -0.4 is 9.64 Å². The highest BCUT2D eigenvalue weighted by Crippen LogP contribution is 2.36. The smallest absolute Gasteiger partial charge is 0.226 e. The van der Waals surface area contributed by atoms with Crippen molar-refractivity contribution in [2.24, 2.45) is 5.92 Å². The first-order valence-electron chi connectivity index (χ1n) is 7.01. The number of morpholine rings is 1. The minimum Gasteiger partial charge on any atom is -0.484 e. The topological polar surface area (TPSA) is 67.7 Å². The van der Waals surface area contributed by atoms with Gasteiger partial charge in [-0.15, -0.1) is 0 Å². The molecule has 1 aliphatic carbocycles. The third-order valence-corrected chi connectivity index (χ3v) is 4.08. The molecular formula is C13H17Cl2N3O3. The van der Waals surface area contributed by atoms with Gasteiger partial charge >= 0.3 is 0 Å². The summed E-state index contributed by atoms with van der Waals surface area (Å²) in [7, 11) is 0. The Morgan fingerprint density at radius 1 is 1.29 bits per heavy atom. The van der Waals surface area contributed by atoms with Gasteiger partial charge in [0, 0.05) is 13.1 Å². The number of aliphatic hydroxyl groups excluding tert-OH is 1. The van der Waals surface area contributed by atoms with Crippen molar-refractivity contribution in [2.75, 3.05) is 37.8 Å². The number of ether oxygens (including phenoxy) is 2.